The summed E-state index contributed by atoms with van der Waals surface area (Å²) in [5.74, 6) is 0.668. The molecule has 3 nitrogen and oxygen atoms in total. The lowest BCUT2D eigenvalue weighted by molar-refractivity contribution is -0.126. The number of fused-ring (bicyclic) bond motifs is 1. The van der Waals surface area contributed by atoms with Gasteiger partial charge in [-0.25, -0.2) is 4.90 Å². The molecule has 1 spiro atoms. The molecule has 1 aromatic rings. The highest BCUT2D eigenvalue weighted by atomic mass is 16.2. The minimum absolute atomic E-state index is 0.0356. The van der Waals surface area contributed by atoms with Gasteiger partial charge in [-0.2, -0.15) is 0 Å². The second kappa shape index (κ2) is 3.22. The van der Waals surface area contributed by atoms with Crippen molar-refractivity contribution in [3.8, 4) is 0 Å². The molecule has 2 aliphatic carbocycles. The van der Waals surface area contributed by atoms with Gasteiger partial charge in [0.05, 0.1) is 17.0 Å². The summed E-state index contributed by atoms with van der Waals surface area (Å²) in [6.45, 7) is 0. The lowest BCUT2D eigenvalue weighted by atomic mass is 9.77. The number of carbonyl (C=O) groups is 2. The second-order valence-electron chi connectivity index (χ2n) is 5.87. The molecular formula is C15H15NO2. The fourth-order valence-corrected chi connectivity index (χ4v) is 4.24. The maximum absolute atomic E-state index is 12.7. The number of anilines is 1. The number of nitrogens with zero attached hydrogens (tertiary/aromatic N) is 1. The second-order valence-corrected chi connectivity index (χ2v) is 5.87. The van der Waals surface area contributed by atoms with E-state index in [-0.39, 0.29) is 23.1 Å². The highest BCUT2D eigenvalue weighted by Crippen LogP contribution is 2.62. The molecule has 3 atom stereocenters. The number of imide groups is 1. The maximum Gasteiger partial charge on any atom is 0.240 e. The predicted molar refractivity (Wildman–Crippen MR) is 66.8 cm³/mol. The van der Waals surface area contributed by atoms with E-state index in [1.165, 1.54) is 4.90 Å². The summed E-state index contributed by atoms with van der Waals surface area (Å²) in [5, 5.41) is 0. The Kier molecular flexibility index (Phi) is 1.84. The average Bonchev–Trinajstić information content (AvgIpc) is 3.03. The number of para-hydroxylation sites is 1. The molecule has 1 aromatic carbocycles. The molecule has 1 saturated heterocycles. The topological polar surface area (TPSA) is 37.4 Å². The van der Waals surface area contributed by atoms with E-state index in [4.69, 9.17) is 0 Å². The van der Waals surface area contributed by atoms with Crippen molar-refractivity contribution in [1.82, 2.24) is 0 Å². The molecule has 2 bridgehead atoms. The van der Waals surface area contributed by atoms with Gasteiger partial charge in [-0.1, -0.05) is 18.2 Å². The van der Waals surface area contributed by atoms with Crippen molar-refractivity contribution < 1.29 is 9.59 Å². The average molecular weight is 241 g/mol. The number of amides is 2. The molecule has 2 saturated carbocycles. The summed E-state index contributed by atoms with van der Waals surface area (Å²) in [4.78, 5) is 26.6. The van der Waals surface area contributed by atoms with Crippen LogP contribution in [0.5, 0.6) is 0 Å². The van der Waals surface area contributed by atoms with E-state index < -0.39 is 0 Å². The van der Waals surface area contributed by atoms with E-state index in [1.807, 2.05) is 30.3 Å². The first kappa shape index (κ1) is 10.3. The Morgan fingerprint density at radius 2 is 1.94 bits per heavy atom. The van der Waals surface area contributed by atoms with Crippen molar-refractivity contribution in [1.29, 1.82) is 0 Å². The van der Waals surface area contributed by atoms with Gasteiger partial charge in [-0.15, -0.1) is 0 Å². The monoisotopic (exact) mass is 241 g/mol. The van der Waals surface area contributed by atoms with Gasteiger partial charge in [0.15, 0.2) is 0 Å². The SMILES string of the molecule is O=C1C2CC3CCC2(C3)C(=O)N1c1ccccc1. The van der Waals surface area contributed by atoms with Crippen LogP contribution in [0, 0.1) is 17.3 Å². The molecule has 18 heavy (non-hydrogen) atoms. The summed E-state index contributed by atoms with van der Waals surface area (Å²) >= 11 is 0. The molecule has 3 heteroatoms. The summed E-state index contributed by atoms with van der Waals surface area (Å²) in [7, 11) is 0. The lowest BCUT2D eigenvalue weighted by Crippen LogP contribution is -2.34. The number of hydrogen-bond acceptors (Lipinski definition) is 2. The first-order valence-corrected chi connectivity index (χ1v) is 6.66. The number of rotatable bonds is 1. The zero-order valence-electron chi connectivity index (χ0n) is 10.1. The highest BCUT2D eigenvalue weighted by Gasteiger charge is 2.66. The maximum atomic E-state index is 12.7. The quantitative estimate of drug-likeness (QED) is 0.708. The van der Waals surface area contributed by atoms with Gasteiger partial charge >= 0.3 is 0 Å². The molecule has 3 fully saturated rings. The molecule has 0 aromatic heterocycles. The molecule has 3 unspecified atom stereocenters. The van der Waals surface area contributed by atoms with Crippen molar-refractivity contribution in [2.75, 3.05) is 4.90 Å². The third-order valence-electron chi connectivity index (χ3n) is 5.05. The molecule has 2 amide bonds. The number of benzene rings is 1. The number of carbonyl (C=O) groups excluding carboxylic acids is 2. The van der Waals surface area contributed by atoms with Crippen molar-refractivity contribution in [3.05, 3.63) is 30.3 Å². The highest BCUT2D eigenvalue weighted by molar-refractivity contribution is 6.24. The van der Waals surface area contributed by atoms with E-state index in [1.54, 1.807) is 0 Å². The Morgan fingerprint density at radius 3 is 2.61 bits per heavy atom. The molecule has 3 aliphatic rings. The van der Waals surface area contributed by atoms with E-state index in [0.29, 0.717) is 5.92 Å². The van der Waals surface area contributed by atoms with Gasteiger partial charge in [-0.05, 0) is 43.7 Å². The van der Waals surface area contributed by atoms with Crippen molar-refractivity contribution in [2.24, 2.45) is 17.3 Å². The zero-order valence-corrected chi connectivity index (χ0v) is 10.1. The number of hydrogen-bond donors (Lipinski definition) is 0. The van der Waals surface area contributed by atoms with Crippen LogP contribution in [-0.4, -0.2) is 11.8 Å². The van der Waals surface area contributed by atoms with Crippen LogP contribution in [0.2, 0.25) is 0 Å². The molecule has 4 rings (SSSR count). The molecule has 1 heterocycles. The van der Waals surface area contributed by atoms with Crippen molar-refractivity contribution in [2.45, 2.75) is 25.7 Å². The smallest absolute Gasteiger partial charge is 0.240 e. The van der Waals surface area contributed by atoms with Crippen LogP contribution in [-0.2, 0) is 9.59 Å². The van der Waals surface area contributed by atoms with Gasteiger partial charge in [0.1, 0.15) is 0 Å². The Balaban J connectivity index is 1.80. The minimum atomic E-state index is -0.336. The molecular weight excluding hydrogens is 226 g/mol. The van der Waals surface area contributed by atoms with Crippen LogP contribution in [0.25, 0.3) is 0 Å². The lowest BCUT2D eigenvalue weighted by Gasteiger charge is -2.22. The van der Waals surface area contributed by atoms with E-state index in [9.17, 15) is 9.59 Å². The zero-order chi connectivity index (χ0) is 12.3. The van der Waals surface area contributed by atoms with E-state index in [0.717, 1.165) is 31.4 Å². The summed E-state index contributed by atoms with van der Waals surface area (Å²) < 4.78 is 0. The van der Waals surface area contributed by atoms with Crippen LogP contribution >= 0.6 is 0 Å². The third kappa shape index (κ3) is 1.05. The van der Waals surface area contributed by atoms with Gasteiger partial charge in [0, 0.05) is 0 Å². The first-order chi connectivity index (χ1) is 8.72. The van der Waals surface area contributed by atoms with E-state index >= 15 is 0 Å². The van der Waals surface area contributed by atoms with Gasteiger partial charge < -0.3 is 0 Å². The van der Waals surface area contributed by atoms with Crippen molar-refractivity contribution in [3.63, 3.8) is 0 Å². The van der Waals surface area contributed by atoms with Crippen LogP contribution in [0.1, 0.15) is 25.7 Å². The van der Waals surface area contributed by atoms with E-state index in [2.05, 4.69) is 0 Å². The van der Waals surface area contributed by atoms with Crippen molar-refractivity contribution >= 4 is 17.5 Å². The first-order valence-electron chi connectivity index (χ1n) is 6.66. The Labute approximate surface area is 106 Å². The normalized spacial score (nSPS) is 37.4. The van der Waals surface area contributed by atoms with Gasteiger partial charge in [-0.3, -0.25) is 9.59 Å². The fraction of sp³-hybridized carbons (Fsp3) is 0.467. The largest absolute Gasteiger partial charge is 0.274 e. The van der Waals surface area contributed by atoms with Crippen LogP contribution in [0.15, 0.2) is 30.3 Å². The fourth-order valence-electron chi connectivity index (χ4n) is 4.24. The summed E-state index contributed by atoms with van der Waals surface area (Å²) in [6.07, 6.45) is 3.90. The predicted octanol–water partition coefficient (Wildman–Crippen LogP) is 2.37. The van der Waals surface area contributed by atoms with Gasteiger partial charge in [0.2, 0.25) is 11.8 Å². The summed E-state index contributed by atoms with van der Waals surface area (Å²) in [6, 6.07) is 9.34. The third-order valence-corrected chi connectivity index (χ3v) is 5.05. The molecule has 0 N–H and O–H groups in total. The minimum Gasteiger partial charge on any atom is -0.274 e. The molecule has 0 radical (unpaired) electrons. The Hall–Kier alpha value is -1.64. The van der Waals surface area contributed by atoms with Crippen LogP contribution in [0.3, 0.4) is 0 Å². The molecule has 1 aliphatic heterocycles. The standard InChI is InChI=1S/C15H15NO2/c17-13-12-8-10-6-7-15(12,9-10)14(18)16(13)11-4-2-1-3-5-11/h1-5,10,12H,6-9H2. The van der Waals surface area contributed by atoms with Gasteiger partial charge in [0.25, 0.3) is 0 Å². The summed E-state index contributed by atoms with van der Waals surface area (Å²) in [5.41, 5.74) is 0.400. The van der Waals surface area contributed by atoms with Crippen LogP contribution in [0.4, 0.5) is 5.69 Å². The molecule has 92 valence electrons. The Morgan fingerprint density at radius 1 is 1.17 bits per heavy atom. The van der Waals surface area contributed by atoms with Crippen LogP contribution < -0.4 is 4.90 Å². The Bertz CT molecular complexity index is 539.